The van der Waals surface area contributed by atoms with Gasteiger partial charge in [-0.15, -0.1) is 0 Å². The minimum absolute atomic E-state index is 0.0465. The SMILES string of the molecule is CCCCCCCCOC(CC(=O)OC)=C(CC(=O)OC)OCCCCCCCC. The smallest absolute Gasteiger partial charge is 0.313 e. The number of carbonyl (C=O) groups is 2. The zero-order valence-electron chi connectivity index (χ0n) is 19.8. The Morgan fingerprint density at radius 3 is 1.20 bits per heavy atom. The van der Waals surface area contributed by atoms with Crippen molar-refractivity contribution < 1.29 is 28.5 Å². The Morgan fingerprint density at radius 2 is 0.867 bits per heavy atom. The minimum Gasteiger partial charge on any atom is -0.494 e. The van der Waals surface area contributed by atoms with Crippen LogP contribution in [0.2, 0.25) is 0 Å². The first-order valence-corrected chi connectivity index (χ1v) is 11.7. The van der Waals surface area contributed by atoms with E-state index in [1.165, 1.54) is 65.6 Å². The van der Waals surface area contributed by atoms with Crippen molar-refractivity contribution in [2.75, 3.05) is 27.4 Å². The number of esters is 2. The third-order valence-electron chi connectivity index (χ3n) is 4.92. The van der Waals surface area contributed by atoms with Crippen LogP contribution in [0.15, 0.2) is 11.5 Å². The number of rotatable bonds is 20. The molecule has 0 rings (SSSR count). The molecule has 0 saturated heterocycles. The van der Waals surface area contributed by atoms with Gasteiger partial charge in [-0.05, 0) is 12.8 Å². The van der Waals surface area contributed by atoms with E-state index < -0.39 is 11.9 Å². The van der Waals surface area contributed by atoms with Gasteiger partial charge >= 0.3 is 11.9 Å². The Balaban J connectivity index is 4.82. The summed E-state index contributed by atoms with van der Waals surface area (Å²) in [6, 6.07) is 0. The van der Waals surface area contributed by atoms with Gasteiger partial charge in [0, 0.05) is 0 Å². The van der Waals surface area contributed by atoms with E-state index in [1.54, 1.807) is 0 Å². The van der Waals surface area contributed by atoms with Crippen LogP contribution in [0.5, 0.6) is 0 Å². The Kier molecular flexibility index (Phi) is 19.4. The third-order valence-corrected chi connectivity index (χ3v) is 4.92. The van der Waals surface area contributed by atoms with E-state index in [-0.39, 0.29) is 12.8 Å². The molecule has 0 aromatic heterocycles. The monoisotopic (exact) mass is 428 g/mol. The lowest BCUT2D eigenvalue weighted by molar-refractivity contribution is -0.142. The molecule has 6 nitrogen and oxygen atoms in total. The highest BCUT2D eigenvalue weighted by Crippen LogP contribution is 2.19. The molecule has 0 atom stereocenters. The lowest BCUT2D eigenvalue weighted by Crippen LogP contribution is -2.13. The molecular weight excluding hydrogens is 384 g/mol. The van der Waals surface area contributed by atoms with Crippen molar-refractivity contribution in [3.8, 4) is 0 Å². The van der Waals surface area contributed by atoms with E-state index in [0.717, 1.165) is 25.7 Å². The van der Waals surface area contributed by atoms with Gasteiger partial charge in [-0.1, -0.05) is 78.1 Å². The number of hydrogen-bond acceptors (Lipinski definition) is 6. The fourth-order valence-corrected chi connectivity index (χ4v) is 3.02. The van der Waals surface area contributed by atoms with Crippen LogP contribution < -0.4 is 0 Å². The number of unbranched alkanes of at least 4 members (excludes halogenated alkanes) is 10. The van der Waals surface area contributed by atoms with E-state index in [1.807, 2.05) is 0 Å². The Bertz CT molecular complexity index is 430. The summed E-state index contributed by atoms with van der Waals surface area (Å²) in [5.74, 6) is -0.0736. The van der Waals surface area contributed by atoms with E-state index in [9.17, 15) is 9.59 Å². The minimum atomic E-state index is -0.418. The second-order valence-corrected chi connectivity index (χ2v) is 7.58. The van der Waals surface area contributed by atoms with Crippen molar-refractivity contribution in [2.45, 2.75) is 104 Å². The van der Waals surface area contributed by atoms with Crippen LogP contribution in [-0.4, -0.2) is 39.4 Å². The summed E-state index contributed by atoms with van der Waals surface area (Å²) in [4.78, 5) is 23.7. The van der Waals surface area contributed by atoms with Gasteiger partial charge in [0.05, 0.1) is 27.4 Å². The zero-order chi connectivity index (χ0) is 22.5. The molecule has 176 valence electrons. The summed E-state index contributed by atoms with van der Waals surface area (Å²) in [7, 11) is 2.68. The van der Waals surface area contributed by atoms with Crippen molar-refractivity contribution in [3.05, 3.63) is 11.5 Å². The second-order valence-electron chi connectivity index (χ2n) is 7.58. The molecule has 0 radical (unpaired) electrons. The molecule has 0 amide bonds. The normalized spacial score (nSPS) is 11.6. The fourth-order valence-electron chi connectivity index (χ4n) is 3.02. The third kappa shape index (κ3) is 16.1. The molecular formula is C24H44O6. The van der Waals surface area contributed by atoms with Gasteiger partial charge in [0.2, 0.25) is 0 Å². The quantitative estimate of drug-likeness (QED) is 0.133. The standard InChI is InChI=1S/C24H44O6/c1-5-7-9-11-13-15-17-29-21(19-23(25)27-3)22(20-24(26)28-4)30-18-16-14-12-10-8-6-2/h5-20H2,1-4H3. The van der Waals surface area contributed by atoms with Gasteiger partial charge in [-0.3, -0.25) is 9.59 Å². The molecule has 0 bridgehead atoms. The van der Waals surface area contributed by atoms with Gasteiger partial charge in [0.15, 0.2) is 0 Å². The first-order chi connectivity index (χ1) is 14.6. The first-order valence-electron chi connectivity index (χ1n) is 11.7. The summed E-state index contributed by atoms with van der Waals surface area (Å²) < 4.78 is 21.3. The van der Waals surface area contributed by atoms with Crippen LogP contribution in [0, 0.1) is 0 Å². The maximum atomic E-state index is 11.9. The highest BCUT2D eigenvalue weighted by atomic mass is 16.5. The van der Waals surface area contributed by atoms with Crippen LogP contribution in [-0.2, 0) is 28.5 Å². The molecule has 0 aliphatic heterocycles. The molecule has 0 spiro atoms. The molecule has 0 aliphatic carbocycles. The molecule has 0 N–H and O–H groups in total. The summed E-state index contributed by atoms with van der Waals surface area (Å²) >= 11 is 0. The molecule has 0 aromatic rings. The van der Waals surface area contributed by atoms with Crippen molar-refractivity contribution in [1.82, 2.24) is 0 Å². The van der Waals surface area contributed by atoms with Crippen LogP contribution in [0.1, 0.15) is 104 Å². The molecule has 0 aliphatic rings. The van der Waals surface area contributed by atoms with E-state index in [2.05, 4.69) is 13.8 Å². The van der Waals surface area contributed by atoms with Gasteiger partial charge in [-0.25, -0.2) is 0 Å². The number of carbonyl (C=O) groups excluding carboxylic acids is 2. The molecule has 0 heterocycles. The largest absolute Gasteiger partial charge is 0.494 e. The topological polar surface area (TPSA) is 71.1 Å². The van der Waals surface area contributed by atoms with Gasteiger partial charge in [0.25, 0.3) is 0 Å². The molecule has 6 heteroatoms. The van der Waals surface area contributed by atoms with Crippen molar-refractivity contribution >= 4 is 11.9 Å². The molecule has 0 fully saturated rings. The lowest BCUT2D eigenvalue weighted by atomic mass is 10.1. The highest BCUT2D eigenvalue weighted by Gasteiger charge is 2.19. The molecule has 0 aromatic carbocycles. The Labute approximate surface area is 183 Å². The average molecular weight is 429 g/mol. The summed E-state index contributed by atoms with van der Waals surface area (Å²) in [5, 5.41) is 0. The average Bonchev–Trinajstić information content (AvgIpc) is 2.75. The molecule has 30 heavy (non-hydrogen) atoms. The van der Waals surface area contributed by atoms with Gasteiger partial charge < -0.3 is 18.9 Å². The predicted molar refractivity (Wildman–Crippen MR) is 119 cm³/mol. The molecule has 0 saturated carbocycles. The first kappa shape index (κ1) is 28.3. The van der Waals surface area contributed by atoms with E-state index >= 15 is 0 Å². The van der Waals surface area contributed by atoms with Gasteiger partial charge in [0.1, 0.15) is 24.4 Å². The number of methoxy groups -OCH3 is 2. The summed E-state index contributed by atoms with van der Waals surface area (Å²) in [6.45, 7) is 5.37. The van der Waals surface area contributed by atoms with Crippen LogP contribution >= 0.6 is 0 Å². The Hall–Kier alpha value is -1.72. The predicted octanol–water partition coefficient (Wildman–Crippen LogP) is 6.08. The maximum Gasteiger partial charge on any atom is 0.313 e. The van der Waals surface area contributed by atoms with Crippen LogP contribution in [0.3, 0.4) is 0 Å². The van der Waals surface area contributed by atoms with Crippen LogP contribution in [0.25, 0.3) is 0 Å². The number of ether oxygens (including phenoxy) is 4. The Morgan fingerprint density at radius 1 is 0.533 bits per heavy atom. The summed E-state index contributed by atoms with van der Waals surface area (Å²) in [6.07, 6.45) is 13.6. The zero-order valence-corrected chi connectivity index (χ0v) is 19.8. The molecule has 0 unspecified atom stereocenters. The lowest BCUT2D eigenvalue weighted by Gasteiger charge is -2.17. The second kappa shape index (κ2) is 20.5. The fraction of sp³-hybridized carbons (Fsp3) is 0.833. The van der Waals surface area contributed by atoms with Crippen molar-refractivity contribution in [2.24, 2.45) is 0 Å². The van der Waals surface area contributed by atoms with Gasteiger partial charge in [-0.2, -0.15) is 0 Å². The van der Waals surface area contributed by atoms with Crippen molar-refractivity contribution in [1.29, 1.82) is 0 Å². The van der Waals surface area contributed by atoms with Crippen molar-refractivity contribution in [3.63, 3.8) is 0 Å². The highest BCUT2D eigenvalue weighted by molar-refractivity contribution is 5.74. The van der Waals surface area contributed by atoms with E-state index in [4.69, 9.17) is 18.9 Å². The van der Waals surface area contributed by atoms with Crippen LogP contribution in [0.4, 0.5) is 0 Å². The van der Waals surface area contributed by atoms with E-state index in [0.29, 0.717) is 24.7 Å². The number of hydrogen-bond donors (Lipinski definition) is 0. The maximum absolute atomic E-state index is 11.9. The summed E-state index contributed by atoms with van der Waals surface area (Å²) in [5.41, 5.74) is 0.